The van der Waals surface area contributed by atoms with Gasteiger partial charge >= 0.3 is 5.69 Å². The number of benzene rings is 1. The van der Waals surface area contributed by atoms with Crippen molar-refractivity contribution >= 4 is 46.1 Å². The molecule has 1 fully saturated rings. The van der Waals surface area contributed by atoms with Gasteiger partial charge in [-0.15, -0.1) is 4.73 Å². The van der Waals surface area contributed by atoms with E-state index in [0.717, 1.165) is 10.3 Å². The van der Waals surface area contributed by atoms with Gasteiger partial charge in [0.15, 0.2) is 11.8 Å². The van der Waals surface area contributed by atoms with E-state index in [1.54, 1.807) is 19.2 Å². The van der Waals surface area contributed by atoms with E-state index in [0.29, 0.717) is 22.8 Å². The highest BCUT2D eigenvalue weighted by Gasteiger charge is 2.33. The molecule has 1 saturated heterocycles. The number of thioether (sulfide) groups is 1. The first-order valence-corrected chi connectivity index (χ1v) is 13.6. The van der Waals surface area contributed by atoms with E-state index in [-0.39, 0.29) is 21.1 Å². The monoisotopic (exact) mass is 549 g/mol. The van der Waals surface area contributed by atoms with Crippen molar-refractivity contribution < 1.29 is 9.23 Å². The van der Waals surface area contributed by atoms with Crippen LogP contribution in [-0.4, -0.2) is 36.0 Å². The SMILES string of the molecule is CC(On1c(=O)[nH]c2nc(-c3cnn(C(C)(C)C4CCSCC4)c3)ccc21)c1c(Cl)ccc(F)c1Cl. The largest absolute Gasteiger partial charge is 0.401 e. The van der Waals surface area contributed by atoms with E-state index in [1.165, 1.54) is 36.5 Å². The molecule has 4 heterocycles. The number of fused-ring (bicyclic) bond motifs is 1. The van der Waals surface area contributed by atoms with E-state index >= 15 is 0 Å². The van der Waals surface area contributed by atoms with Gasteiger partial charge in [0, 0.05) is 22.3 Å². The van der Waals surface area contributed by atoms with Crippen molar-refractivity contribution in [3.63, 3.8) is 0 Å². The summed E-state index contributed by atoms with van der Waals surface area (Å²) in [6, 6.07) is 6.14. The van der Waals surface area contributed by atoms with Crippen molar-refractivity contribution in [1.29, 1.82) is 0 Å². The first-order chi connectivity index (χ1) is 17.2. The fraction of sp³-hybridized carbons (Fsp3) is 0.400. The number of halogens is 3. The van der Waals surface area contributed by atoms with Crippen LogP contribution in [-0.2, 0) is 5.54 Å². The van der Waals surface area contributed by atoms with Gasteiger partial charge in [-0.05, 0) is 75.3 Å². The minimum Gasteiger partial charge on any atom is -0.401 e. The van der Waals surface area contributed by atoms with Gasteiger partial charge in [-0.3, -0.25) is 9.67 Å². The van der Waals surface area contributed by atoms with E-state index in [9.17, 15) is 9.18 Å². The maximum atomic E-state index is 14.0. The quantitative estimate of drug-likeness (QED) is 0.294. The molecule has 1 aliphatic rings. The molecule has 11 heteroatoms. The third-order valence-electron chi connectivity index (χ3n) is 6.94. The molecule has 3 aromatic heterocycles. The van der Waals surface area contributed by atoms with Gasteiger partial charge in [-0.2, -0.15) is 16.9 Å². The molecule has 0 spiro atoms. The number of rotatable bonds is 6. The molecule has 7 nitrogen and oxygen atoms in total. The molecular weight excluding hydrogens is 524 g/mol. The van der Waals surface area contributed by atoms with Crippen molar-refractivity contribution in [3.05, 3.63) is 68.6 Å². The predicted molar refractivity (Wildman–Crippen MR) is 142 cm³/mol. The number of hydrogen-bond acceptors (Lipinski definition) is 5. The average molecular weight is 550 g/mol. The molecular formula is C25H26Cl2FN5O2S. The number of nitrogens with one attached hydrogen (secondary N) is 1. The van der Waals surface area contributed by atoms with Crippen molar-refractivity contribution in [3.8, 4) is 11.3 Å². The Hall–Kier alpha value is -2.49. The molecule has 0 amide bonds. The second-order valence-corrected chi connectivity index (χ2v) is 11.5. The first-order valence-electron chi connectivity index (χ1n) is 11.7. The van der Waals surface area contributed by atoms with Gasteiger partial charge < -0.3 is 4.84 Å². The Morgan fingerprint density at radius 2 is 1.97 bits per heavy atom. The van der Waals surface area contributed by atoms with Gasteiger partial charge in [0.25, 0.3) is 0 Å². The van der Waals surface area contributed by atoms with E-state index < -0.39 is 17.6 Å². The lowest BCUT2D eigenvalue weighted by molar-refractivity contribution is 0.0492. The summed E-state index contributed by atoms with van der Waals surface area (Å²) in [6.45, 7) is 6.10. The van der Waals surface area contributed by atoms with Gasteiger partial charge in [-0.25, -0.2) is 14.2 Å². The van der Waals surface area contributed by atoms with E-state index in [2.05, 4.69) is 28.9 Å². The lowest BCUT2D eigenvalue weighted by Crippen LogP contribution is -2.37. The molecule has 1 unspecified atom stereocenters. The van der Waals surface area contributed by atoms with E-state index in [4.69, 9.17) is 28.0 Å². The summed E-state index contributed by atoms with van der Waals surface area (Å²) < 4.78 is 17.1. The van der Waals surface area contributed by atoms with Crippen molar-refractivity contribution in [2.24, 2.45) is 5.92 Å². The maximum Gasteiger partial charge on any atom is 0.360 e. The first kappa shape index (κ1) is 25.2. The van der Waals surface area contributed by atoms with Gasteiger partial charge in [-0.1, -0.05) is 23.2 Å². The van der Waals surface area contributed by atoms with Crippen LogP contribution in [0.15, 0.2) is 41.5 Å². The molecule has 0 aliphatic carbocycles. The topological polar surface area (TPSA) is 77.7 Å². The lowest BCUT2D eigenvalue weighted by Gasteiger charge is -2.37. The van der Waals surface area contributed by atoms with Crippen LogP contribution in [0.25, 0.3) is 22.4 Å². The molecule has 1 N–H and O–H groups in total. The zero-order valence-corrected chi connectivity index (χ0v) is 22.4. The lowest BCUT2D eigenvalue weighted by atomic mass is 9.83. The number of aromatic nitrogens is 5. The van der Waals surface area contributed by atoms with Gasteiger partial charge in [0.05, 0.1) is 22.5 Å². The second-order valence-electron chi connectivity index (χ2n) is 9.51. The Kier molecular flexibility index (Phi) is 6.82. The van der Waals surface area contributed by atoms with Gasteiger partial charge in [0.1, 0.15) is 11.3 Å². The Balaban J connectivity index is 1.43. The summed E-state index contributed by atoms with van der Waals surface area (Å²) in [5.74, 6) is 2.31. The maximum absolute atomic E-state index is 14.0. The third kappa shape index (κ3) is 4.53. The Morgan fingerprint density at radius 3 is 2.72 bits per heavy atom. The normalized spacial score (nSPS) is 15.9. The van der Waals surface area contributed by atoms with E-state index in [1.807, 2.05) is 28.7 Å². The molecule has 1 atom stereocenters. The fourth-order valence-corrected chi connectivity index (χ4v) is 6.51. The number of imidazole rings is 1. The van der Waals surface area contributed by atoms with Crippen LogP contribution in [0.2, 0.25) is 10.0 Å². The Bertz CT molecular complexity index is 1480. The van der Waals surface area contributed by atoms with Crippen LogP contribution in [0, 0.1) is 11.7 Å². The Labute approximate surface area is 221 Å². The molecule has 0 radical (unpaired) electrons. The smallest absolute Gasteiger partial charge is 0.360 e. The third-order valence-corrected chi connectivity index (χ3v) is 8.70. The van der Waals surface area contributed by atoms with Crippen LogP contribution < -0.4 is 10.5 Å². The minimum absolute atomic E-state index is 0.107. The number of H-pyrrole nitrogens is 1. The van der Waals surface area contributed by atoms with Gasteiger partial charge in [0.2, 0.25) is 0 Å². The number of hydrogen-bond donors (Lipinski definition) is 1. The summed E-state index contributed by atoms with van der Waals surface area (Å²) in [4.78, 5) is 25.9. The summed E-state index contributed by atoms with van der Waals surface area (Å²) in [7, 11) is 0. The predicted octanol–water partition coefficient (Wildman–Crippen LogP) is 6.10. The van der Waals surface area contributed by atoms with Crippen molar-refractivity contribution in [2.75, 3.05) is 11.5 Å². The summed E-state index contributed by atoms with van der Waals surface area (Å²) in [5.41, 5.74) is 1.97. The van der Waals surface area contributed by atoms with Crippen LogP contribution >= 0.6 is 35.0 Å². The molecule has 0 bridgehead atoms. The fourth-order valence-electron chi connectivity index (χ4n) is 4.72. The van der Waals surface area contributed by atoms with Crippen molar-refractivity contribution in [1.82, 2.24) is 24.5 Å². The second kappa shape index (κ2) is 9.76. The molecule has 190 valence electrons. The minimum atomic E-state index is -0.796. The average Bonchev–Trinajstić information content (AvgIpc) is 3.48. The van der Waals surface area contributed by atoms with Crippen LogP contribution in [0.5, 0.6) is 0 Å². The number of aromatic amines is 1. The molecule has 0 saturated carbocycles. The van der Waals surface area contributed by atoms with Crippen LogP contribution in [0.3, 0.4) is 0 Å². The highest BCUT2D eigenvalue weighted by molar-refractivity contribution is 7.99. The zero-order chi connectivity index (χ0) is 25.6. The number of pyridine rings is 1. The number of nitrogens with zero attached hydrogens (tertiary/aromatic N) is 4. The molecule has 5 rings (SSSR count). The summed E-state index contributed by atoms with van der Waals surface area (Å²) in [6.07, 6.45) is 5.37. The van der Waals surface area contributed by atoms with Crippen LogP contribution in [0.1, 0.15) is 45.3 Å². The summed E-state index contributed by atoms with van der Waals surface area (Å²) in [5, 5.41) is 4.75. The molecule has 4 aromatic rings. The van der Waals surface area contributed by atoms with Crippen molar-refractivity contribution in [2.45, 2.75) is 45.3 Å². The summed E-state index contributed by atoms with van der Waals surface area (Å²) >= 11 is 14.3. The van der Waals surface area contributed by atoms with Crippen LogP contribution in [0.4, 0.5) is 4.39 Å². The highest BCUT2D eigenvalue weighted by Crippen LogP contribution is 2.37. The Morgan fingerprint density at radius 1 is 1.22 bits per heavy atom. The highest BCUT2D eigenvalue weighted by atomic mass is 35.5. The zero-order valence-electron chi connectivity index (χ0n) is 20.1. The standard InChI is InChI=1S/C25H26Cl2FN5O2S/c1-14(21-17(26)4-5-18(28)22(21)27)35-33-20-7-6-19(30-23(20)31-24(33)34)15-12-29-32(13-15)25(2,3)16-8-10-36-11-9-16/h4-7,12-14,16H,8-11H2,1-3H3,(H,30,31,34). The molecule has 1 aromatic carbocycles. The molecule has 36 heavy (non-hydrogen) atoms. The molecule has 1 aliphatic heterocycles.